The van der Waals surface area contributed by atoms with Gasteiger partial charge in [0.2, 0.25) is 0 Å². The van der Waals surface area contributed by atoms with E-state index in [0.717, 1.165) is 18.5 Å². The summed E-state index contributed by atoms with van der Waals surface area (Å²) in [4.78, 5) is 24.0. The molecule has 0 saturated heterocycles. The first-order valence-electron chi connectivity index (χ1n) is 8.69. The maximum Gasteiger partial charge on any atom is 0.312 e. The number of amides is 1. The van der Waals surface area contributed by atoms with Crippen LogP contribution in [0.5, 0.6) is 0 Å². The lowest BCUT2D eigenvalue weighted by Crippen LogP contribution is -2.32. The maximum atomic E-state index is 13.0. The third-order valence-corrected chi connectivity index (χ3v) is 4.61. The Morgan fingerprint density at radius 2 is 1.85 bits per heavy atom. The van der Waals surface area contributed by atoms with Crippen molar-refractivity contribution in [1.29, 1.82) is 0 Å². The first kappa shape index (κ1) is 19.6. The van der Waals surface area contributed by atoms with E-state index in [1.165, 1.54) is 30.5 Å². The van der Waals surface area contributed by atoms with E-state index in [-0.39, 0.29) is 18.5 Å². The van der Waals surface area contributed by atoms with Gasteiger partial charge in [0.1, 0.15) is 5.82 Å². The average molecular weight is 361 g/mol. The van der Waals surface area contributed by atoms with Gasteiger partial charge in [-0.25, -0.2) is 4.39 Å². The molecule has 1 aromatic carbocycles. The molecule has 2 aromatic rings. The third kappa shape index (κ3) is 4.28. The second-order valence-corrected chi connectivity index (χ2v) is 6.21. The van der Waals surface area contributed by atoms with E-state index in [0.29, 0.717) is 11.1 Å². The number of hydrogen-bond donors (Lipinski definition) is 2. The largest absolute Gasteiger partial charge is 0.481 e. The van der Waals surface area contributed by atoms with Gasteiger partial charge in [-0.05, 0) is 37.5 Å². The van der Waals surface area contributed by atoms with Crippen LogP contribution in [0.25, 0.3) is 0 Å². The second-order valence-electron chi connectivity index (χ2n) is 6.21. The molecule has 0 aliphatic rings. The number of aromatic nitrogens is 2. The minimum absolute atomic E-state index is 0.0879. The molecule has 2 N–H and O–H groups in total. The molecule has 1 unspecified atom stereocenters. The number of nitrogens with one attached hydrogen (secondary N) is 1. The number of hydrogen-bond acceptors (Lipinski definition) is 3. The molecule has 0 aliphatic heterocycles. The number of carbonyl (C=O) groups is 2. The molecule has 0 saturated carbocycles. The van der Waals surface area contributed by atoms with E-state index < -0.39 is 17.7 Å². The second kappa shape index (κ2) is 8.60. The van der Waals surface area contributed by atoms with Gasteiger partial charge in [-0.1, -0.05) is 26.0 Å². The summed E-state index contributed by atoms with van der Waals surface area (Å²) in [6, 6.07) is 5.46. The van der Waals surface area contributed by atoms with Crippen molar-refractivity contribution in [3.63, 3.8) is 0 Å². The van der Waals surface area contributed by atoms with Crippen molar-refractivity contribution in [3.8, 4) is 0 Å². The van der Waals surface area contributed by atoms with Gasteiger partial charge in [0.15, 0.2) is 0 Å². The van der Waals surface area contributed by atoms with E-state index in [2.05, 4.69) is 24.3 Å². The van der Waals surface area contributed by atoms with Gasteiger partial charge in [0, 0.05) is 12.2 Å². The molecular weight excluding hydrogens is 337 g/mol. The fourth-order valence-corrected chi connectivity index (χ4v) is 2.98. The van der Waals surface area contributed by atoms with Gasteiger partial charge >= 0.3 is 5.97 Å². The molecule has 7 heteroatoms. The van der Waals surface area contributed by atoms with E-state index in [9.17, 15) is 19.1 Å². The minimum atomic E-state index is -1.08. The molecule has 1 amide bonds. The summed E-state index contributed by atoms with van der Waals surface area (Å²) < 4.78 is 14.9. The lowest BCUT2D eigenvalue weighted by atomic mass is 9.99. The van der Waals surface area contributed by atoms with E-state index in [1.807, 2.05) is 11.6 Å². The molecule has 0 aliphatic carbocycles. The maximum absolute atomic E-state index is 13.0. The van der Waals surface area contributed by atoms with Crippen molar-refractivity contribution in [2.24, 2.45) is 0 Å². The summed E-state index contributed by atoms with van der Waals surface area (Å²) in [6.07, 6.45) is 3.33. The topological polar surface area (TPSA) is 84.2 Å². The predicted molar refractivity (Wildman–Crippen MR) is 95.7 cm³/mol. The summed E-state index contributed by atoms with van der Waals surface area (Å²) in [7, 11) is 0. The SMILES string of the molecule is CCC(CC)n1ncc(C(=O)NCC(C(=O)O)c2ccc(F)cc2)c1C. The molecule has 0 spiro atoms. The van der Waals surface area contributed by atoms with Gasteiger partial charge < -0.3 is 10.4 Å². The molecule has 140 valence electrons. The zero-order valence-corrected chi connectivity index (χ0v) is 15.2. The van der Waals surface area contributed by atoms with Gasteiger partial charge in [-0.15, -0.1) is 0 Å². The first-order valence-corrected chi connectivity index (χ1v) is 8.69. The lowest BCUT2D eigenvalue weighted by molar-refractivity contribution is -0.138. The van der Waals surface area contributed by atoms with Crippen molar-refractivity contribution >= 4 is 11.9 Å². The molecule has 0 fully saturated rings. The van der Waals surface area contributed by atoms with Crippen molar-refractivity contribution in [3.05, 3.63) is 53.1 Å². The third-order valence-electron chi connectivity index (χ3n) is 4.61. The number of nitrogens with zero attached hydrogens (tertiary/aromatic N) is 2. The van der Waals surface area contributed by atoms with Crippen LogP contribution in [0.15, 0.2) is 30.5 Å². The number of carboxylic acid groups (broad SMARTS) is 1. The quantitative estimate of drug-likeness (QED) is 0.756. The van der Waals surface area contributed by atoms with Crippen molar-refractivity contribution < 1.29 is 19.1 Å². The summed E-state index contributed by atoms with van der Waals surface area (Å²) >= 11 is 0. The lowest BCUT2D eigenvalue weighted by Gasteiger charge is -2.16. The van der Waals surface area contributed by atoms with Gasteiger partial charge in [0.05, 0.1) is 23.7 Å². The molecule has 6 nitrogen and oxygen atoms in total. The van der Waals surface area contributed by atoms with E-state index in [4.69, 9.17) is 0 Å². The Labute approximate surface area is 152 Å². The number of carboxylic acids is 1. The highest BCUT2D eigenvalue weighted by molar-refractivity contribution is 5.95. The number of aliphatic carboxylic acids is 1. The normalized spacial score (nSPS) is 12.2. The summed E-state index contributed by atoms with van der Waals surface area (Å²) in [5, 5.41) is 16.4. The highest BCUT2D eigenvalue weighted by atomic mass is 19.1. The van der Waals surface area contributed by atoms with Crippen LogP contribution < -0.4 is 5.32 Å². The van der Waals surface area contributed by atoms with Crippen molar-refractivity contribution in [2.45, 2.75) is 45.6 Å². The number of rotatable bonds is 8. The molecule has 1 heterocycles. The average Bonchev–Trinajstić information content (AvgIpc) is 2.99. The molecule has 0 radical (unpaired) electrons. The Kier molecular flexibility index (Phi) is 6.49. The number of halogens is 1. The van der Waals surface area contributed by atoms with Crippen LogP contribution in [0.2, 0.25) is 0 Å². The molecule has 26 heavy (non-hydrogen) atoms. The van der Waals surface area contributed by atoms with E-state index in [1.54, 1.807) is 0 Å². The highest BCUT2D eigenvalue weighted by Gasteiger charge is 2.23. The van der Waals surface area contributed by atoms with E-state index >= 15 is 0 Å². The first-order chi connectivity index (χ1) is 12.4. The monoisotopic (exact) mass is 361 g/mol. The standard InChI is InChI=1S/C19H24FN3O3/c1-4-15(5-2)23-12(3)16(11-22-23)18(24)21-10-17(19(25)26)13-6-8-14(20)9-7-13/h6-9,11,15,17H,4-5,10H2,1-3H3,(H,21,24)(H,25,26). The zero-order valence-electron chi connectivity index (χ0n) is 15.2. The van der Waals surface area contributed by atoms with Crippen LogP contribution in [0.3, 0.4) is 0 Å². The Hall–Kier alpha value is -2.70. The Morgan fingerprint density at radius 1 is 1.23 bits per heavy atom. The van der Waals surface area contributed by atoms with Crippen LogP contribution >= 0.6 is 0 Å². The summed E-state index contributed by atoms with van der Waals surface area (Å²) in [5.74, 6) is -2.84. The summed E-state index contributed by atoms with van der Waals surface area (Å²) in [5.41, 5.74) is 1.62. The van der Waals surface area contributed by atoms with Crippen LogP contribution in [-0.4, -0.2) is 33.3 Å². The molecule has 0 bridgehead atoms. The van der Waals surface area contributed by atoms with Gasteiger partial charge in [-0.3, -0.25) is 14.3 Å². The molecule has 1 aromatic heterocycles. The molecule has 1 atom stereocenters. The number of benzene rings is 1. The summed E-state index contributed by atoms with van der Waals surface area (Å²) in [6.45, 7) is 5.87. The van der Waals surface area contributed by atoms with Gasteiger partial charge in [0.25, 0.3) is 5.91 Å². The Morgan fingerprint density at radius 3 is 2.38 bits per heavy atom. The van der Waals surface area contributed by atoms with Gasteiger partial charge in [-0.2, -0.15) is 5.10 Å². The smallest absolute Gasteiger partial charge is 0.312 e. The predicted octanol–water partition coefficient (Wildman–Crippen LogP) is 3.29. The van der Waals surface area contributed by atoms with Crippen LogP contribution in [0.4, 0.5) is 4.39 Å². The Balaban J connectivity index is 2.11. The zero-order chi connectivity index (χ0) is 19.3. The van der Waals surface area contributed by atoms with Crippen molar-refractivity contribution in [1.82, 2.24) is 15.1 Å². The number of carbonyl (C=O) groups excluding carboxylic acids is 1. The minimum Gasteiger partial charge on any atom is -0.481 e. The Bertz CT molecular complexity index is 767. The van der Waals surface area contributed by atoms with Crippen molar-refractivity contribution in [2.75, 3.05) is 6.54 Å². The fourth-order valence-electron chi connectivity index (χ4n) is 2.98. The van der Waals surface area contributed by atoms with Crippen LogP contribution in [0.1, 0.15) is 60.3 Å². The van der Waals surface area contributed by atoms with Crippen LogP contribution in [-0.2, 0) is 4.79 Å². The molecule has 2 rings (SSSR count). The highest BCUT2D eigenvalue weighted by Crippen LogP contribution is 2.20. The molecular formula is C19H24FN3O3. The van der Waals surface area contributed by atoms with Crippen LogP contribution in [0, 0.1) is 12.7 Å². The fraction of sp³-hybridized carbons (Fsp3) is 0.421.